The van der Waals surface area contributed by atoms with Gasteiger partial charge < -0.3 is 14.8 Å². The standard InChI is InChI=1S/C20H26N2O4S/c1-6-26-15-9-7-14(8-10-15)19-21-13(4)17(27-19)18(23)22-16(11-12(2)3)20(24)25-5/h7-10,12,16H,6,11H2,1-5H3,(H,22,23). The Morgan fingerprint density at radius 2 is 1.89 bits per heavy atom. The van der Waals surface area contributed by atoms with Crippen molar-refractivity contribution < 1.29 is 19.1 Å². The van der Waals surface area contributed by atoms with E-state index >= 15 is 0 Å². The second-order valence-electron chi connectivity index (χ2n) is 6.57. The van der Waals surface area contributed by atoms with Crippen molar-refractivity contribution in [1.29, 1.82) is 0 Å². The number of aryl methyl sites for hydroxylation is 1. The predicted molar refractivity (Wildman–Crippen MR) is 106 cm³/mol. The molecule has 6 nitrogen and oxygen atoms in total. The molecule has 7 heteroatoms. The molecule has 1 amide bonds. The lowest BCUT2D eigenvalue weighted by atomic mass is 10.0. The molecule has 1 heterocycles. The number of amides is 1. The van der Waals surface area contributed by atoms with Crippen molar-refractivity contribution in [3.05, 3.63) is 34.8 Å². The summed E-state index contributed by atoms with van der Waals surface area (Å²) >= 11 is 1.30. The summed E-state index contributed by atoms with van der Waals surface area (Å²) in [6, 6.07) is 6.93. The van der Waals surface area contributed by atoms with E-state index in [0.29, 0.717) is 23.6 Å². The smallest absolute Gasteiger partial charge is 0.328 e. The van der Waals surface area contributed by atoms with Gasteiger partial charge in [0.05, 0.1) is 19.4 Å². The molecule has 1 atom stereocenters. The number of carbonyl (C=O) groups is 2. The minimum absolute atomic E-state index is 0.247. The molecule has 0 saturated heterocycles. The Balaban J connectivity index is 2.18. The first-order chi connectivity index (χ1) is 12.8. The molecule has 2 aromatic rings. The van der Waals surface area contributed by atoms with Crippen molar-refractivity contribution in [3.63, 3.8) is 0 Å². The van der Waals surface area contributed by atoms with Crippen LogP contribution in [0.3, 0.4) is 0 Å². The fraction of sp³-hybridized carbons (Fsp3) is 0.450. The molecule has 2 rings (SSSR count). The van der Waals surface area contributed by atoms with Crippen LogP contribution in [0.25, 0.3) is 10.6 Å². The Morgan fingerprint density at radius 3 is 2.44 bits per heavy atom. The summed E-state index contributed by atoms with van der Waals surface area (Å²) in [5.41, 5.74) is 1.55. The van der Waals surface area contributed by atoms with E-state index in [2.05, 4.69) is 10.3 Å². The topological polar surface area (TPSA) is 77.5 Å². The maximum Gasteiger partial charge on any atom is 0.328 e. The molecule has 146 valence electrons. The number of hydrogen-bond donors (Lipinski definition) is 1. The lowest BCUT2D eigenvalue weighted by Gasteiger charge is -2.17. The number of thiazole rings is 1. The monoisotopic (exact) mass is 390 g/mol. The van der Waals surface area contributed by atoms with E-state index in [9.17, 15) is 9.59 Å². The Kier molecular flexibility index (Phi) is 7.36. The predicted octanol–water partition coefficient (Wildman–Crippen LogP) is 3.83. The number of benzene rings is 1. The number of ether oxygens (including phenoxy) is 2. The zero-order valence-corrected chi connectivity index (χ0v) is 17.2. The van der Waals surface area contributed by atoms with Gasteiger partial charge in [0.15, 0.2) is 0 Å². The second kappa shape index (κ2) is 9.50. The summed E-state index contributed by atoms with van der Waals surface area (Å²) in [7, 11) is 1.32. The van der Waals surface area contributed by atoms with E-state index in [4.69, 9.17) is 9.47 Å². The highest BCUT2D eigenvalue weighted by molar-refractivity contribution is 7.17. The molecule has 0 bridgehead atoms. The Labute approximate surface area is 163 Å². The third kappa shape index (κ3) is 5.53. The molecule has 1 unspecified atom stereocenters. The van der Waals surface area contributed by atoms with Gasteiger partial charge in [0.2, 0.25) is 0 Å². The molecule has 0 saturated carbocycles. The average molecular weight is 391 g/mol. The van der Waals surface area contributed by atoms with E-state index in [1.165, 1.54) is 18.4 Å². The van der Waals surface area contributed by atoms with E-state index in [0.717, 1.165) is 16.3 Å². The second-order valence-corrected chi connectivity index (χ2v) is 7.57. The quantitative estimate of drug-likeness (QED) is 0.693. The molecule has 0 aliphatic heterocycles. The van der Waals surface area contributed by atoms with E-state index in [1.807, 2.05) is 45.0 Å². The van der Waals surface area contributed by atoms with Gasteiger partial charge in [-0.2, -0.15) is 0 Å². The summed E-state index contributed by atoms with van der Waals surface area (Å²) in [6.07, 6.45) is 0.516. The molecule has 0 spiro atoms. The Hall–Kier alpha value is -2.41. The van der Waals surface area contributed by atoms with Crippen LogP contribution in [-0.4, -0.2) is 36.6 Å². The van der Waals surface area contributed by atoms with Crippen molar-refractivity contribution in [1.82, 2.24) is 10.3 Å². The third-order valence-corrected chi connectivity index (χ3v) is 5.12. The number of hydrogen-bond acceptors (Lipinski definition) is 6. The lowest BCUT2D eigenvalue weighted by Crippen LogP contribution is -2.42. The van der Waals surface area contributed by atoms with Crippen LogP contribution in [0.4, 0.5) is 0 Å². The van der Waals surface area contributed by atoms with E-state index in [-0.39, 0.29) is 11.8 Å². The lowest BCUT2D eigenvalue weighted by molar-refractivity contribution is -0.143. The fourth-order valence-electron chi connectivity index (χ4n) is 2.64. The van der Waals surface area contributed by atoms with Crippen LogP contribution in [0.1, 0.15) is 42.6 Å². The van der Waals surface area contributed by atoms with Crippen LogP contribution >= 0.6 is 11.3 Å². The molecule has 0 aliphatic carbocycles. The molecule has 0 fully saturated rings. The van der Waals surface area contributed by atoms with Gasteiger partial charge in [-0.25, -0.2) is 9.78 Å². The van der Waals surface area contributed by atoms with E-state index < -0.39 is 12.0 Å². The van der Waals surface area contributed by atoms with Gasteiger partial charge in [-0.1, -0.05) is 13.8 Å². The highest BCUT2D eigenvalue weighted by Gasteiger charge is 2.25. The van der Waals surface area contributed by atoms with Gasteiger partial charge in [0.1, 0.15) is 21.7 Å². The molecular weight excluding hydrogens is 364 g/mol. The highest BCUT2D eigenvalue weighted by atomic mass is 32.1. The first-order valence-electron chi connectivity index (χ1n) is 8.95. The minimum Gasteiger partial charge on any atom is -0.494 e. The third-order valence-electron chi connectivity index (χ3n) is 3.91. The number of aromatic nitrogens is 1. The number of esters is 1. The molecule has 0 aliphatic rings. The summed E-state index contributed by atoms with van der Waals surface area (Å²) in [6.45, 7) is 8.31. The normalized spacial score (nSPS) is 11.9. The van der Waals surface area contributed by atoms with Gasteiger partial charge in [0.25, 0.3) is 5.91 Å². The van der Waals surface area contributed by atoms with Gasteiger partial charge in [-0.3, -0.25) is 4.79 Å². The van der Waals surface area contributed by atoms with Crippen molar-refractivity contribution in [2.24, 2.45) is 5.92 Å². The van der Waals surface area contributed by atoms with Crippen molar-refractivity contribution >= 4 is 23.2 Å². The van der Waals surface area contributed by atoms with Crippen LogP contribution in [0.5, 0.6) is 5.75 Å². The molecular formula is C20H26N2O4S. The average Bonchev–Trinajstić information content (AvgIpc) is 3.03. The molecule has 1 aromatic carbocycles. The highest BCUT2D eigenvalue weighted by Crippen LogP contribution is 2.29. The van der Waals surface area contributed by atoms with Crippen LogP contribution in [-0.2, 0) is 9.53 Å². The number of rotatable bonds is 8. The van der Waals surface area contributed by atoms with Gasteiger partial charge in [0, 0.05) is 5.56 Å². The maximum absolute atomic E-state index is 12.7. The fourth-order valence-corrected chi connectivity index (χ4v) is 3.62. The first kappa shape index (κ1) is 20.9. The van der Waals surface area contributed by atoms with E-state index in [1.54, 1.807) is 6.92 Å². The number of nitrogens with zero attached hydrogens (tertiary/aromatic N) is 1. The maximum atomic E-state index is 12.7. The number of methoxy groups -OCH3 is 1. The number of nitrogens with one attached hydrogen (secondary N) is 1. The van der Waals surface area contributed by atoms with Crippen molar-refractivity contribution in [2.45, 2.75) is 40.2 Å². The molecule has 27 heavy (non-hydrogen) atoms. The molecule has 1 aromatic heterocycles. The summed E-state index contributed by atoms with van der Waals surface area (Å²) < 4.78 is 10.3. The zero-order valence-electron chi connectivity index (χ0n) is 16.4. The first-order valence-corrected chi connectivity index (χ1v) is 9.76. The SMILES string of the molecule is CCOc1ccc(-c2nc(C)c(C(=O)NC(CC(C)C)C(=O)OC)s2)cc1. The Morgan fingerprint density at radius 1 is 1.22 bits per heavy atom. The Bertz CT molecular complexity index is 784. The van der Waals surface area contributed by atoms with Crippen LogP contribution in [0.2, 0.25) is 0 Å². The van der Waals surface area contributed by atoms with Crippen LogP contribution < -0.4 is 10.1 Å². The molecule has 0 radical (unpaired) electrons. The summed E-state index contributed by atoms with van der Waals surface area (Å²) in [4.78, 5) is 29.7. The van der Waals surface area contributed by atoms with Crippen molar-refractivity contribution in [2.75, 3.05) is 13.7 Å². The molecule has 1 N–H and O–H groups in total. The van der Waals surface area contributed by atoms with Crippen molar-refractivity contribution in [3.8, 4) is 16.3 Å². The van der Waals surface area contributed by atoms with Gasteiger partial charge >= 0.3 is 5.97 Å². The van der Waals surface area contributed by atoms with Gasteiger partial charge in [-0.15, -0.1) is 11.3 Å². The van der Waals surface area contributed by atoms with Gasteiger partial charge in [-0.05, 0) is 50.5 Å². The summed E-state index contributed by atoms with van der Waals surface area (Å²) in [5, 5.41) is 3.53. The zero-order chi connectivity index (χ0) is 20.0. The van der Waals surface area contributed by atoms with Crippen LogP contribution in [0.15, 0.2) is 24.3 Å². The number of carbonyl (C=O) groups excluding carboxylic acids is 2. The largest absolute Gasteiger partial charge is 0.494 e. The summed E-state index contributed by atoms with van der Waals surface area (Å²) in [5.74, 6) is 0.294. The van der Waals surface area contributed by atoms with Crippen LogP contribution in [0, 0.1) is 12.8 Å². The minimum atomic E-state index is -0.669.